The molecule has 1 nitrogen and oxygen atoms in total. The van der Waals surface area contributed by atoms with Crippen molar-refractivity contribution in [3.63, 3.8) is 0 Å². The second-order valence-electron chi connectivity index (χ2n) is 2.66. The van der Waals surface area contributed by atoms with Crippen LogP contribution in [0.1, 0.15) is 5.56 Å². The van der Waals surface area contributed by atoms with Crippen LogP contribution in [0.3, 0.4) is 0 Å². The maximum atomic E-state index is 12.4. The van der Waals surface area contributed by atoms with Crippen molar-refractivity contribution in [2.45, 2.75) is 12.5 Å². The first-order valence-electron chi connectivity index (χ1n) is 3.73. The van der Waals surface area contributed by atoms with E-state index < -0.39 is 28.9 Å². The molecule has 0 bridgehead atoms. The minimum Gasteiger partial charge on any atom is -0.405 e. The highest BCUT2D eigenvalue weighted by Crippen LogP contribution is 2.42. The van der Waals surface area contributed by atoms with Crippen molar-refractivity contribution in [2.24, 2.45) is 0 Å². The molecular weight excluding hydrogens is 262 g/mol. The smallest absolute Gasteiger partial charge is 0.405 e. The average molecular weight is 265 g/mol. The Kier molecular flexibility index (Phi) is 3.27. The highest BCUT2D eigenvalue weighted by Gasteiger charge is 2.40. The zero-order valence-corrected chi connectivity index (χ0v) is 8.04. The number of alkyl halides is 6. The third-order valence-electron chi connectivity index (χ3n) is 1.48. The van der Waals surface area contributed by atoms with Gasteiger partial charge >= 0.3 is 12.5 Å². The lowest BCUT2D eigenvalue weighted by molar-refractivity contribution is -0.276. The Bertz CT molecular complexity index is 383. The van der Waals surface area contributed by atoms with Crippen LogP contribution in [0.2, 0.25) is 5.02 Å². The summed E-state index contributed by atoms with van der Waals surface area (Å²) in [5.41, 5.74) is -1.64. The Morgan fingerprint density at radius 1 is 1.00 bits per heavy atom. The zero-order chi connectivity index (χ0) is 12.6. The third kappa shape index (κ3) is 3.19. The normalized spacial score (nSPS) is 12.7. The van der Waals surface area contributed by atoms with Crippen LogP contribution in [0.15, 0.2) is 18.2 Å². The molecule has 90 valence electrons. The maximum absolute atomic E-state index is 12.4. The van der Waals surface area contributed by atoms with E-state index in [1.54, 1.807) is 0 Å². The van der Waals surface area contributed by atoms with Gasteiger partial charge in [0.25, 0.3) is 0 Å². The molecule has 0 saturated heterocycles. The van der Waals surface area contributed by atoms with Crippen LogP contribution >= 0.6 is 11.6 Å². The minimum atomic E-state index is -5.20. The van der Waals surface area contributed by atoms with E-state index in [0.29, 0.717) is 6.07 Å². The molecule has 8 heteroatoms. The molecule has 0 aromatic heterocycles. The standard InChI is InChI=1S/C8H3ClF6O/c9-4-2-1-3-5(16-8(13,14)15)6(4)7(10,11)12/h1-3H. The van der Waals surface area contributed by atoms with Crippen LogP contribution in [-0.2, 0) is 6.18 Å². The van der Waals surface area contributed by atoms with Gasteiger partial charge in [-0.25, -0.2) is 0 Å². The number of rotatable bonds is 1. The predicted octanol–water partition coefficient (Wildman–Crippen LogP) is 4.26. The van der Waals surface area contributed by atoms with Gasteiger partial charge in [0.2, 0.25) is 0 Å². The van der Waals surface area contributed by atoms with E-state index in [1.807, 2.05) is 0 Å². The molecule has 0 saturated carbocycles. The molecule has 0 aliphatic carbocycles. The van der Waals surface area contributed by atoms with Gasteiger partial charge in [-0.2, -0.15) is 13.2 Å². The molecule has 0 spiro atoms. The molecule has 0 unspecified atom stereocenters. The van der Waals surface area contributed by atoms with Gasteiger partial charge in [0.05, 0.1) is 5.02 Å². The Hall–Kier alpha value is -1.11. The predicted molar refractivity (Wildman–Crippen MR) is 43.1 cm³/mol. The molecule has 0 aliphatic heterocycles. The molecule has 0 amide bonds. The maximum Gasteiger partial charge on any atom is 0.573 e. The largest absolute Gasteiger partial charge is 0.573 e. The Balaban J connectivity index is 3.24. The van der Waals surface area contributed by atoms with Gasteiger partial charge in [0.1, 0.15) is 11.3 Å². The molecule has 0 N–H and O–H groups in total. The summed E-state index contributed by atoms with van der Waals surface area (Å²) in [6.45, 7) is 0. The first kappa shape index (κ1) is 13.0. The first-order chi connectivity index (χ1) is 7.11. The quantitative estimate of drug-likeness (QED) is 0.689. The van der Waals surface area contributed by atoms with Crippen molar-refractivity contribution >= 4 is 11.6 Å². The minimum absolute atomic E-state index is 0.544. The molecule has 0 aliphatic rings. The molecule has 16 heavy (non-hydrogen) atoms. The molecule has 0 atom stereocenters. The van der Waals surface area contributed by atoms with Crippen molar-refractivity contribution < 1.29 is 31.1 Å². The molecule has 0 fully saturated rings. The SMILES string of the molecule is FC(F)(F)Oc1cccc(Cl)c1C(F)(F)F. The van der Waals surface area contributed by atoms with Crippen molar-refractivity contribution in [2.75, 3.05) is 0 Å². The molecule has 1 aromatic carbocycles. The fourth-order valence-electron chi connectivity index (χ4n) is 0.989. The number of ether oxygens (including phenoxy) is 1. The summed E-state index contributed by atoms with van der Waals surface area (Å²) in [4.78, 5) is 0. The summed E-state index contributed by atoms with van der Waals surface area (Å²) in [6.07, 6.45) is -10.2. The van der Waals surface area contributed by atoms with E-state index in [2.05, 4.69) is 4.74 Å². The van der Waals surface area contributed by atoms with Crippen molar-refractivity contribution in [1.29, 1.82) is 0 Å². The van der Waals surface area contributed by atoms with Crippen LogP contribution in [0.5, 0.6) is 5.75 Å². The lowest BCUT2D eigenvalue weighted by atomic mass is 10.2. The fraction of sp³-hybridized carbons (Fsp3) is 0.250. The van der Waals surface area contributed by atoms with Crippen LogP contribution < -0.4 is 4.74 Å². The van der Waals surface area contributed by atoms with Gasteiger partial charge in [-0.3, -0.25) is 0 Å². The van der Waals surface area contributed by atoms with Crippen LogP contribution in [0.4, 0.5) is 26.3 Å². The third-order valence-corrected chi connectivity index (χ3v) is 1.80. The molecule has 0 heterocycles. The molecular formula is C8H3ClF6O. The summed E-state index contributed by atoms with van der Waals surface area (Å²) in [6, 6.07) is 2.30. The molecule has 1 rings (SSSR count). The number of hydrogen-bond donors (Lipinski definition) is 0. The highest BCUT2D eigenvalue weighted by molar-refractivity contribution is 6.31. The van der Waals surface area contributed by atoms with Crippen LogP contribution in [0.25, 0.3) is 0 Å². The van der Waals surface area contributed by atoms with Crippen molar-refractivity contribution in [1.82, 2.24) is 0 Å². The van der Waals surface area contributed by atoms with E-state index in [4.69, 9.17) is 11.6 Å². The zero-order valence-electron chi connectivity index (χ0n) is 7.29. The summed E-state index contributed by atoms with van der Waals surface area (Å²) in [5, 5.41) is -0.853. The van der Waals surface area contributed by atoms with Gasteiger partial charge in [-0.1, -0.05) is 17.7 Å². The van der Waals surface area contributed by atoms with Crippen molar-refractivity contribution in [3.05, 3.63) is 28.8 Å². The average Bonchev–Trinajstić information content (AvgIpc) is 1.97. The number of hydrogen-bond acceptors (Lipinski definition) is 1. The highest BCUT2D eigenvalue weighted by atomic mass is 35.5. The van der Waals surface area contributed by atoms with Gasteiger partial charge in [-0.05, 0) is 12.1 Å². The topological polar surface area (TPSA) is 9.23 Å². The molecule has 0 radical (unpaired) electrons. The Labute approximate surface area is 90.6 Å². The monoisotopic (exact) mass is 264 g/mol. The fourth-order valence-corrected chi connectivity index (χ4v) is 1.26. The number of halogens is 7. The Morgan fingerprint density at radius 2 is 1.56 bits per heavy atom. The van der Waals surface area contributed by atoms with Gasteiger partial charge in [-0.15, -0.1) is 13.2 Å². The lowest BCUT2D eigenvalue weighted by Gasteiger charge is -2.16. The van der Waals surface area contributed by atoms with E-state index in [-0.39, 0.29) is 0 Å². The van der Waals surface area contributed by atoms with Gasteiger partial charge in [0, 0.05) is 0 Å². The second kappa shape index (κ2) is 4.04. The van der Waals surface area contributed by atoms with Gasteiger partial charge < -0.3 is 4.74 Å². The van der Waals surface area contributed by atoms with Gasteiger partial charge in [0.15, 0.2) is 0 Å². The second-order valence-corrected chi connectivity index (χ2v) is 3.07. The van der Waals surface area contributed by atoms with Crippen molar-refractivity contribution in [3.8, 4) is 5.75 Å². The molecule has 1 aromatic rings. The van der Waals surface area contributed by atoms with Crippen LogP contribution in [0, 0.1) is 0 Å². The lowest BCUT2D eigenvalue weighted by Crippen LogP contribution is -2.20. The summed E-state index contributed by atoms with van der Waals surface area (Å²) < 4.78 is 75.7. The summed E-state index contributed by atoms with van der Waals surface area (Å²) in [7, 11) is 0. The summed E-state index contributed by atoms with van der Waals surface area (Å²) >= 11 is 5.18. The van der Waals surface area contributed by atoms with E-state index >= 15 is 0 Å². The van der Waals surface area contributed by atoms with E-state index in [9.17, 15) is 26.3 Å². The first-order valence-corrected chi connectivity index (χ1v) is 4.10. The van der Waals surface area contributed by atoms with E-state index in [1.165, 1.54) is 0 Å². The van der Waals surface area contributed by atoms with Crippen LogP contribution in [-0.4, -0.2) is 6.36 Å². The van der Waals surface area contributed by atoms with E-state index in [0.717, 1.165) is 12.1 Å². The number of benzene rings is 1. The summed E-state index contributed by atoms with van der Waals surface area (Å²) in [5.74, 6) is -1.37. The Morgan fingerprint density at radius 3 is 2.00 bits per heavy atom.